The maximum atomic E-state index is 10.7. The van der Waals surface area contributed by atoms with Crippen LogP contribution in [0.4, 0.5) is 0 Å². The van der Waals surface area contributed by atoms with Gasteiger partial charge in [-0.1, -0.05) is 12.1 Å². The molecule has 0 bridgehead atoms. The molecule has 0 aromatic heterocycles. The highest BCUT2D eigenvalue weighted by atomic mass is 31.2. The van der Waals surface area contributed by atoms with Crippen LogP contribution in [0.2, 0.25) is 0 Å². The van der Waals surface area contributed by atoms with E-state index in [4.69, 9.17) is 0 Å². The van der Waals surface area contributed by atoms with Gasteiger partial charge in [-0.15, -0.1) is 14.0 Å². The predicted molar refractivity (Wildman–Crippen MR) is 103 cm³/mol. The molecule has 0 amide bonds. The number of hydrogen-bond acceptors (Lipinski definition) is 4. The van der Waals surface area contributed by atoms with E-state index >= 15 is 0 Å². The number of nitrogens with zero attached hydrogens (tertiary/aromatic N) is 3. The van der Waals surface area contributed by atoms with Gasteiger partial charge in [-0.3, -0.25) is 0 Å². The molecule has 0 saturated heterocycles. The lowest BCUT2D eigenvalue weighted by molar-refractivity contribution is 0.337. The van der Waals surface area contributed by atoms with E-state index < -0.39 is 7.71 Å². The molecule has 0 heterocycles. The summed E-state index contributed by atoms with van der Waals surface area (Å²) in [6.45, 7) is 19.2. The molecule has 0 radical (unpaired) electrons. The normalized spacial score (nSPS) is 12.6. The summed E-state index contributed by atoms with van der Waals surface area (Å²) in [6.07, 6.45) is 0. The van der Waals surface area contributed by atoms with Crippen LogP contribution in [0, 0.1) is 0 Å². The van der Waals surface area contributed by atoms with Crippen molar-refractivity contribution in [3.05, 3.63) is 24.3 Å². The second-order valence-electron chi connectivity index (χ2n) is 5.47. The first kappa shape index (κ1) is 20.4. The van der Waals surface area contributed by atoms with Gasteiger partial charge in [0.1, 0.15) is 0 Å². The van der Waals surface area contributed by atoms with Crippen LogP contribution in [-0.4, -0.2) is 58.4 Å². The molecule has 0 aliphatic rings. The zero-order valence-corrected chi connectivity index (χ0v) is 16.7. The van der Waals surface area contributed by atoms with Crippen LogP contribution < -0.4 is 5.30 Å². The van der Waals surface area contributed by atoms with Gasteiger partial charge in [-0.2, -0.15) is 0 Å². The Balaban J connectivity index is 3.74. The van der Waals surface area contributed by atoms with Gasteiger partial charge in [0.05, 0.1) is 0 Å². The Kier molecular flexibility index (Phi) is 8.49. The van der Waals surface area contributed by atoms with E-state index in [9.17, 15) is 5.11 Å². The number of hydrogen-bond donors (Lipinski definition) is 1. The minimum atomic E-state index is -1.97. The van der Waals surface area contributed by atoms with E-state index in [2.05, 4.69) is 67.7 Å². The van der Waals surface area contributed by atoms with Crippen molar-refractivity contribution < 1.29 is 5.11 Å². The minimum absolute atomic E-state index is 0.423. The number of aromatic hydroxyl groups is 1. The predicted octanol–water partition coefficient (Wildman–Crippen LogP) is 3.81. The van der Waals surface area contributed by atoms with Crippen molar-refractivity contribution in [2.24, 2.45) is 0 Å². The fourth-order valence-corrected chi connectivity index (χ4v) is 8.59. The second-order valence-corrected chi connectivity index (χ2v) is 8.79. The molecule has 1 aromatic carbocycles. The summed E-state index contributed by atoms with van der Waals surface area (Å²) in [7, 11) is -1.97. The fourth-order valence-electron chi connectivity index (χ4n) is 3.57. The second kappa shape index (κ2) is 9.58. The van der Waals surface area contributed by atoms with Gasteiger partial charge in [0.25, 0.3) is 7.71 Å². The van der Waals surface area contributed by atoms with Crippen molar-refractivity contribution in [2.75, 3.05) is 39.3 Å². The summed E-state index contributed by atoms with van der Waals surface area (Å²) in [6, 6.07) is 7.93. The fraction of sp³-hybridized carbons (Fsp3) is 0.667. The first-order valence-corrected chi connectivity index (χ1v) is 10.7. The number of benzene rings is 1. The standard InChI is InChI=1S/C18H34N3OP/c1-7-19(8-2)23(20(9-3)10-4,21(11-5)12-6)18-16-14-13-15-17(18)22/h13-16H,7-12H2,1-6H3/p+1. The van der Waals surface area contributed by atoms with E-state index in [-0.39, 0.29) is 0 Å². The lowest BCUT2D eigenvalue weighted by atomic mass is 10.3. The molecule has 0 atom stereocenters. The Morgan fingerprint density at radius 1 is 0.696 bits per heavy atom. The van der Waals surface area contributed by atoms with E-state index in [0.29, 0.717) is 5.75 Å². The van der Waals surface area contributed by atoms with Gasteiger partial charge in [0.2, 0.25) is 0 Å². The Morgan fingerprint density at radius 2 is 1.04 bits per heavy atom. The van der Waals surface area contributed by atoms with Crippen LogP contribution in [0.1, 0.15) is 41.5 Å². The molecule has 1 aromatic rings. The quantitative estimate of drug-likeness (QED) is 0.656. The first-order valence-electron chi connectivity index (χ1n) is 9.01. The molecule has 5 heteroatoms. The van der Waals surface area contributed by atoms with Gasteiger partial charge in [0.15, 0.2) is 11.1 Å². The Labute approximate surface area is 143 Å². The third-order valence-electron chi connectivity index (χ3n) is 4.58. The summed E-state index contributed by atoms with van der Waals surface area (Å²) in [5.74, 6) is 0.423. The van der Waals surface area contributed by atoms with E-state index in [1.54, 1.807) is 0 Å². The van der Waals surface area contributed by atoms with Crippen molar-refractivity contribution in [1.82, 2.24) is 14.0 Å². The van der Waals surface area contributed by atoms with Crippen molar-refractivity contribution in [3.63, 3.8) is 0 Å². The first-order chi connectivity index (χ1) is 11.1. The lowest BCUT2D eigenvalue weighted by Crippen LogP contribution is -2.50. The van der Waals surface area contributed by atoms with Crippen molar-refractivity contribution in [3.8, 4) is 5.75 Å². The van der Waals surface area contributed by atoms with Crippen molar-refractivity contribution >= 4 is 13.0 Å². The summed E-state index contributed by atoms with van der Waals surface area (Å²) in [5.41, 5.74) is 0. The van der Waals surface area contributed by atoms with Crippen LogP contribution in [0.3, 0.4) is 0 Å². The topological polar surface area (TPSA) is 30.0 Å². The number of phenolic OH excluding ortho intramolecular Hbond substituents is 1. The number of para-hydroxylation sites is 1. The zero-order valence-electron chi connectivity index (χ0n) is 15.8. The summed E-state index contributed by atoms with van der Waals surface area (Å²) in [4.78, 5) is 0. The van der Waals surface area contributed by atoms with Gasteiger partial charge >= 0.3 is 0 Å². The molecule has 1 N–H and O–H groups in total. The van der Waals surface area contributed by atoms with E-state index in [1.165, 1.54) is 0 Å². The molecule has 0 unspecified atom stereocenters. The van der Waals surface area contributed by atoms with Crippen LogP contribution in [0.5, 0.6) is 5.75 Å². The third-order valence-corrected chi connectivity index (χ3v) is 9.67. The highest BCUT2D eigenvalue weighted by molar-refractivity contribution is 7.76. The van der Waals surface area contributed by atoms with Crippen molar-refractivity contribution in [2.45, 2.75) is 41.5 Å². The largest absolute Gasteiger partial charge is 0.504 e. The van der Waals surface area contributed by atoms with Crippen LogP contribution >= 0.6 is 7.71 Å². The van der Waals surface area contributed by atoms with E-state index in [1.807, 2.05) is 12.1 Å². The maximum Gasteiger partial charge on any atom is 0.265 e. The molecule has 0 aliphatic heterocycles. The van der Waals surface area contributed by atoms with Gasteiger partial charge in [-0.05, 0) is 53.7 Å². The average molecular weight is 340 g/mol. The molecular weight excluding hydrogens is 305 g/mol. The molecule has 0 fully saturated rings. The Bertz CT molecular complexity index is 426. The smallest absolute Gasteiger partial charge is 0.265 e. The third kappa shape index (κ3) is 3.71. The molecular formula is C18H35N3OP+. The number of phenols is 1. The van der Waals surface area contributed by atoms with Crippen LogP contribution in [0.15, 0.2) is 24.3 Å². The molecule has 4 nitrogen and oxygen atoms in total. The lowest BCUT2D eigenvalue weighted by Gasteiger charge is -2.46. The SMILES string of the molecule is CCN(CC)[P+](c1ccccc1O)(N(CC)CC)N(CC)CC. The average Bonchev–Trinajstić information content (AvgIpc) is 2.57. The van der Waals surface area contributed by atoms with Crippen LogP contribution in [-0.2, 0) is 0 Å². The summed E-state index contributed by atoms with van der Waals surface area (Å²) >= 11 is 0. The molecule has 0 aliphatic carbocycles. The van der Waals surface area contributed by atoms with Gasteiger partial charge in [-0.25, -0.2) is 0 Å². The highest BCUT2D eigenvalue weighted by Crippen LogP contribution is 2.67. The monoisotopic (exact) mass is 340 g/mol. The maximum absolute atomic E-state index is 10.7. The van der Waals surface area contributed by atoms with Gasteiger partial charge in [0, 0.05) is 39.3 Å². The summed E-state index contributed by atoms with van der Waals surface area (Å²) < 4.78 is 7.71. The molecule has 1 rings (SSSR count). The van der Waals surface area contributed by atoms with E-state index in [0.717, 1.165) is 44.6 Å². The minimum Gasteiger partial charge on any atom is -0.504 e. The Hall–Kier alpha value is -0.670. The summed E-state index contributed by atoms with van der Waals surface area (Å²) in [5, 5.41) is 11.8. The van der Waals surface area contributed by atoms with Crippen LogP contribution in [0.25, 0.3) is 0 Å². The Morgan fingerprint density at radius 3 is 1.35 bits per heavy atom. The molecule has 23 heavy (non-hydrogen) atoms. The molecule has 0 saturated carbocycles. The van der Waals surface area contributed by atoms with Crippen molar-refractivity contribution in [1.29, 1.82) is 0 Å². The molecule has 0 spiro atoms. The van der Waals surface area contributed by atoms with Gasteiger partial charge < -0.3 is 5.11 Å². The zero-order chi connectivity index (χ0) is 17.5. The molecule has 132 valence electrons. The highest BCUT2D eigenvalue weighted by Gasteiger charge is 2.57. The number of rotatable bonds is 10.